The molecule has 0 aromatic heterocycles. The zero-order valence-electron chi connectivity index (χ0n) is 10.1. The van der Waals surface area contributed by atoms with E-state index < -0.39 is 12.0 Å². The molecule has 0 atom stereocenters. The highest BCUT2D eigenvalue weighted by atomic mass is 16.5. The Bertz CT molecular complexity index is 339. The van der Waals surface area contributed by atoms with Crippen molar-refractivity contribution >= 4 is 17.7 Å². The number of amides is 2. The average Bonchev–Trinajstić information content (AvgIpc) is 2.32. The number of nitrogens with one attached hydrogen (secondary N) is 1. The Morgan fingerprint density at radius 3 is 2.35 bits per heavy atom. The van der Waals surface area contributed by atoms with Crippen LogP contribution in [-0.4, -0.2) is 18.6 Å². The molecule has 5 heteroatoms. The van der Waals surface area contributed by atoms with Crippen molar-refractivity contribution < 1.29 is 14.3 Å². The summed E-state index contributed by atoms with van der Waals surface area (Å²) < 4.78 is 4.71. The van der Waals surface area contributed by atoms with Crippen molar-refractivity contribution in [2.45, 2.75) is 20.3 Å². The van der Waals surface area contributed by atoms with Crippen molar-refractivity contribution in [1.82, 2.24) is 0 Å². The van der Waals surface area contributed by atoms with E-state index in [0.717, 1.165) is 0 Å². The second-order valence-corrected chi connectivity index (χ2v) is 2.84. The lowest BCUT2D eigenvalue weighted by Gasteiger charge is -2.05. The molecule has 0 unspecified atom stereocenters. The molecule has 5 nitrogen and oxygen atoms in total. The summed E-state index contributed by atoms with van der Waals surface area (Å²) >= 11 is 0. The molecular weight excluding hydrogens is 220 g/mol. The second kappa shape index (κ2) is 9.21. The molecule has 0 aliphatic carbocycles. The monoisotopic (exact) mass is 238 g/mol. The van der Waals surface area contributed by atoms with Crippen LogP contribution in [0.4, 0.5) is 10.5 Å². The molecule has 3 N–H and O–H groups in total. The van der Waals surface area contributed by atoms with Gasteiger partial charge >= 0.3 is 6.09 Å². The quantitative estimate of drug-likeness (QED) is 0.843. The van der Waals surface area contributed by atoms with Gasteiger partial charge in [0.1, 0.15) is 6.61 Å². The molecule has 1 rings (SSSR count). The van der Waals surface area contributed by atoms with Crippen LogP contribution in [0.5, 0.6) is 0 Å². The van der Waals surface area contributed by atoms with Gasteiger partial charge in [-0.3, -0.25) is 10.1 Å². The maximum atomic E-state index is 11.1. The number of hydrogen-bond acceptors (Lipinski definition) is 3. The molecule has 94 valence electrons. The summed E-state index contributed by atoms with van der Waals surface area (Å²) in [5.74, 6) is -0.498. The average molecular weight is 238 g/mol. The van der Waals surface area contributed by atoms with Gasteiger partial charge in [-0.05, 0) is 12.1 Å². The fourth-order valence-corrected chi connectivity index (χ4v) is 0.920. The van der Waals surface area contributed by atoms with Crippen molar-refractivity contribution in [3.8, 4) is 0 Å². The summed E-state index contributed by atoms with van der Waals surface area (Å²) in [5, 5.41) is 2.50. The molecule has 1 aromatic rings. The highest BCUT2D eigenvalue weighted by molar-refractivity contribution is 5.84. The van der Waals surface area contributed by atoms with Crippen molar-refractivity contribution in [2.75, 3.05) is 11.9 Å². The highest BCUT2D eigenvalue weighted by Gasteiger charge is 2.03. The Balaban J connectivity index is 0.00000121. The zero-order valence-corrected chi connectivity index (χ0v) is 10.1. The lowest BCUT2D eigenvalue weighted by atomic mass is 10.3. The summed E-state index contributed by atoms with van der Waals surface area (Å²) in [5.41, 5.74) is 5.52. The van der Waals surface area contributed by atoms with Gasteiger partial charge in [0, 0.05) is 5.69 Å². The number of carbonyl (C=O) groups is 2. The van der Waals surface area contributed by atoms with Crippen LogP contribution >= 0.6 is 0 Å². The number of carbonyl (C=O) groups excluding carboxylic acids is 2. The SMILES string of the molecule is CC.NC(=O)CCOC(=O)Nc1ccccc1. The highest BCUT2D eigenvalue weighted by Crippen LogP contribution is 2.05. The standard InChI is InChI=1S/C10H12N2O3.C2H6/c11-9(13)6-7-15-10(14)12-8-4-2-1-3-5-8;1-2/h1-5H,6-7H2,(H2,11,13)(H,12,14);1-2H3. The van der Waals surface area contributed by atoms with E-state index in [9.17, 15) is 9.59 Å². The van der Waals surface area contributed by atoms with E-state index in [1.54, 1.807) is 24.3 Å². The van der Waals surface area contributed by atoms with Gasteiger partial charge < -0.3 is 10.5 Å². The Kier molecular flexibility index (Phi) is 8.10. The summed E-state index contributed by atoms with van der Waals surface area (Å²) in [6, 6.07) is 8.88. The molecule has 0 aliphatic rings. The number of nitrogens with two attached hydrogens (primary N) is 1. The van der Waals surface area contributed by atoms with Crippen LogP contribution in [-0.2, 0) is 9.53 Å². The number of benzene rings is 1. The molecule has 0 spiro atoms. The molecule has 0 heterocycles. The molecular formula is C12H18N2O3. The molecule has 0 fully saturated rings. The van der Waals surface area contributed by atoms with Crippen LogP contribution in [0.2, 0.25) is 0 Å². The molecule has 0 saturated heterocycles. The maximum absolute atomic E-state index is 11.1. The third-order valence-electron chi connectivity index (χ3n) is 1.60. The van der Waals surface area contributed by atoms with Gasteiger partial charge in [-0.25, -0.2) is 4.79 Å². The number of ether oxygens (including phenoxy) is 1. The molecule has 0 bridgehead atoms. The summed E-state index contributed by atoms with van der Waals surface area (Å²) in [7, 11) is 0. The third kappa shape index (κ3) is 7.84. The van der Waals surface area contributed by atoms with Crippen LogP contribution in [0, 0.1) is 0 Å². The minimum absolute atomic E-state index is 0.00595. The van der Waals surface area contributed by atoms with Gasteiger partial charge in [0.15, 0.2) is 0 Å². The molecule has 0 radical (unpaired) electrons. The number of para-hydroxylation sites is 1. The van der Waals surface area contributed by atoms with Gasteiger partial charge in [-0.1, -0.05) is 32.0 Å². The Labute approximate surface area is 101 Å². The number of primary amides is 1. The van der Waals surface area contributed by atoms with Gasteiger partial charge in [-0.15, -0.1) is 0 Å². The molecule has 0 saturated carbocycles. The van der Waals surface area contributed by atoms with E-state index in [1.807, 2.05) is 19.9 Å². The predicted octanol–water partition coefficient (Wildman–Crippen LogP) is 2.14. The maximum Gasteiger partial charge on any atom is 0.411 e. The van der Waals surface area contributed by atoms with E-state index in [0.29, 0.717) is 5.69 Å². The number of anilines is 1. The van der Waals surface area contributed by atoms with Crippen LogP contribution < -0.4 is 11.1 Å². The van der Waals surface area contributed by atoms with Gasteiger partial charge in [-0.2, -0.15) is 0 Å². The Hall–Kier alpha value is -2.04. The fraction of sp³-hybridized carbons (Fsp3) is 0.333. The van der Waals surface area contributed by atoms with Gasteiger partial charge in [0.05, 0.1) is 6.42 Å². The fourth-order valence-electron chi connectivity index (χ4n) is 0.920. The molecule has 1 aromatic carbocycles. The van der Waals surface area contributed by atoms with Crippen LogP contribution in [0.15, 0.2) is 30.3 Å². The minimum Gasteiger partial charge on any atom is -0.449 e. The first-order valence-electron chi connectivity index (χ1n) is 5.45. The largest absolute Gasteiger partial charge is 0.449 e. The minimum atomic E-state index is -0.595. The summed E-state index contributed by atoms with van der Waals surface area (Å²) in [4.78, 5) is 21.5. The number of rotatable bonds is 4. The molecule has 0 aliphatic heterocycles. The van der Waals surface area contributed by atoms with Crippen LogP contribution in [0.3, 0.4) is 0 Å². The Morgan fingerprint density at radius 1 is 1.24 bits per heavy atom. The normalized spacial score (nSPS) is 8.59. The summed E-state index contributed by atoms with van der Waals surface area (Å²) in [6.07, 6.45) is -0.565. The van der Waals surface area contributed by atoms with Crippen molar-refractivity contribution in [2.24, 2.45) is 5.73 Å². The summed E-state index contributed by atoms with van der Waals surface area (Å²) in [6.45, 7) is 3.99. The third-order valence-corrected chi connectivity index (χ3v) is 1.60. The van der Waals surface area contributed by atoms with E-state index in [1.165, 1.54) is 0 Å². The zero-order chi connectivity index (χ0) is 13.1. The van der Waals surface area contributed by atoms with Gasteiger partial charge in [0.25, 0.3) is 0 Å². The second-order valence-electron chi connectivity index (χ2n) is 2.84. The van der Waals surface area contributed by atoms with Crippen molar-refractivity contribution in [3.05, 3.63) is 30.3 Å². The van der Waals surface area contributed by atoms with Crippen molar-refractivity contribution in [3.63, 3.8) is 0 Å². The van der Waals surface area contributed by atoms with Gasteiger partial charge in [0.2, 0.25) is 5.91 Å². The lowest BCUT2D eigenvalue weighted by molar-refractivity contribution is -0.118. The first kappa shape index (κ1) is 15.0. The van der Waals surface area contributed by atoms with E-state index in [4.69, 9.17) is 10.5 Å². The smallest absolute Gasteiger partial charge is 0.411 e. The lowest BCUT2D eigenvalue weighted by Crippen LogP contribution is -2.18. The van der Waals surface area contributed by atoms with Crippen molar-refractivity contribution in [1.29, 1.82) is 0 Å². The molecule has 17 heavy (non-hydrogen) atoms. The first-order chi connectivity index (χ1) is 8.18. The van der Waals surface area contributed by atoms with E-state index in [2.05, 4.69) is 5.32 Å². The Morgan fingerprint density at radius 2 is 1.82 bits per heavy atom. The molecule has 2 amide bonds. The topological polar surface area (TPSA) is 81.4 Å². The van der Waals surface area contributed by atoms with E-state index in [-0.39, 0.29) is 13.0 Å². The first-order valence-corrected chi connectivity index (χ1v) is 5.45. The number of hydrogen-bond donors (Lipinski definition) is 2. The predicted molar refractivity (Wildman–Crippen MR) is 66.6 cm³/mol. The van der Waals surface area contributed by atoms with E-state index >= 15 is 0 Å². The van der Waals surface area contributed by atoms with Crippen LogP contribution in [0.25, 0.3) is 0 Å². The van der Waals surface area contributed by atoms with Crippen LogP contribution in [0.1, 0.15) is 20.3 Å².